The molecule has 0 radical (unpaired) electrons. The second kappa shape index (κ2) is 4.62. The molecule has 0 bridgehead atoms. The van der Waals surface area contributed by atoms with E-state index in [4.69, 9.17) is 0 Å². The van der Waals surface area contributed by atoms with Gasteiger partial charge in [0.2, 0.25) is 0 Å². The minimum absolute atomic E-state index is 0.0717. The Morgan fingerprint density at radius 3 is 2.77 bits per heavy atom. The number of hydrogen-bond acceptors (Lipinski definition) is 1. The fraction of sp³-hybridized carbons (Fsp3) is 0.857. The van der Waals surface area contributed by atoms with Crippen LogP contribution in [0.15, 0.2) is 11.6 Å². The van der Waals surface area contributed by atoms with Crippen LogP contribution < -0.4 is 0 Å². The van der Waals surface area contributed by atoms with Gasteiger partial charge in [-0.15, -0.1) is 0 Å². The molecule has 4 aliphatic rings. The fourth-order valence-electron chi connectivity index (χ4n) is 7.12. The van der Waals surface area contributed by atoms with Crippen molar-refractivity contribution in [3.63, 3.8) is 0 Å². The predicted molar refractivity (Wildman–Crippen MR) is 89.9 cm³/mol. The Morgan fingerprint density at radius 2 is 2.05 bits per heavy atom. The monoisotopic (exact) mass is 297 g/mol. The summed E-state index contributed by atoms with van der Waals surface area (Å²) in [6.07, 6.45) is 10.3. The average Bonchev–Trinajstić information content (AvgIpc) is 2.45. The van der Waals surface area contributed by atoms with Gasteiger partial charge in [0.15, 0.2) is 0 Å². The molecule has 4 aliphatic carbocycles. The van der Waals surface area contributed by atoms with Crippen molar-refractivity contribution in [2.45, 2.75) is 66.2 Å². The second-order valence-electron chi connectivity index (χ2n) is 9.97. The third-order valence-electron chi connectivity index (χ3n) is 7.92. The molecule has 0 aromatic heterocycles. The SMILES string of the molecule is CC1CC2CC(C)(C)CC3=CCC4C(C1CCC4(C)C#N)C32. The lowest BCUT2D eigenvalue weighted by Gasteiger charge is -2.61. The van der Waals surface area contributed by atoms with Crippen LogP contribution >= 0.6 is 0 Å². The largest absolute Gasteiger partial charge is 0.198 e. The molecule has 0 amide bonds. The molecule has 0 saturated heterocycles. The van der Waals surface area contributed by atoms with Crippen molar-refractivity contribution in [3.05, 3.63) is 11.6 Å². The first-order valence-electron chi connectivity index (χ1n) is 9.45. The van der Waals surface area contributed by atoms with Gasteiger partial charge in [-0.2, -0.15) is 5.26 Å². The van der Waals surface area contributed by atoms with Crippen molar-refractivity contribution >= 4 is 0 Å². The maximum atomic E-state index is 9.83. The molecule has 3 fully saturated rings. The van der Waals surface area contributed by atoms with Crippen LogP contribution in [0.2, 0.25) is 0 Å². The number of nitrogens with zero attached hydrogens (tertiary/aromatic N) is 1. The van der Waals surface area contributed by atoms with E-state index in [-0.39, 0.29) is 5.41 Å². The highest BCUT2D eigenvalue weighted by Gasteiger charge is 2.58. The Labute approximate surface area is 136 Å². The zero-order chi connectivity index (χ0) is 15.7. The van der Waals surface area contributed by atoms with E-state index < -0.39 is 0 Å². The first-order chi connectivity index (χ1) is 10.3. The third-order valence-corrected chi connectivity index (χ3v) is 7.92. The van der Waals surface area contributed by atoms with Crippen LogP contribution in [0.5, 0.6) is 0 Å². The van der Waals surface area contributed by atoms with Crippen LogP contribution in [0.3, 0.4) is 0 Å². The van der Waals surface area contributed by atoms with Gasteiger partial charge < -0.3 is 0 Å². The Morgan fingerprint density at radius 1 is 1.27 bits per heavy atom. The summed E-state index contributed by atoms with van der Waals surface area (Å²) in [4.78, 5) is 0. The minimum Gasteiger partial charge on any atom is -0.198 e. The molecule has 0 aromatic rings. The van der Waals surface area contributed by atoms with E-state index >= 15 is 0 Å². The van der Waals surface area contributed by atoms with Crippen LogP contribution in [0.25, 0.3) is 0 Å². The lowest BCUT2D eigenvalue weighted by atomic mass is 9.43. The molecular weight excluding hydrogens is 266 g/mol. The standard InChI is InChI=1S/C21H31N/c1-13-9-15-11-20(2,3)10-14-5-6-17-19(18(14)15)16(13)7-8-21(17,4)12-22/h5,13,15-19H,6-11H2,1-4H3. The van der Waals surface area contributed by atoms with Gasteiger partial charge in [-0.1, -0.05) is 32.4 Å². The maximum absolute atomic E-state index is 9.83. The van der Waals surface area contributed by atoms with Crippen molar-refractivity contribution in [3.8, 4) is 6.07 Å². The van der Waals surface area contributed by atoms with Crippen LogP contribution in [0.1, 0.15) is 66.2 Å². The summed E-state index contributed by atoms with van der Waals surface area (Å²) in [5.41, 5.74) is 2.19. The van der Waals surface area contributed by atoms with Crippen molar-refractivity contribution < 1.29 is 0 Å². The van der Waals surface area contributed by atoms with E-state index in [1.165, 1.54) is 32.1 Å². The van der Waals surface area contributed by atoms with Crippen molar-refractivity contribution in [2.75, 3.05) is 0 Å². The summed E-state index contributed by atoms with van der Waals surface area (Å²) in [7, 11) is 0. The van der Waals surface area contributed by atoms with Crippen molar-refractivity contribution in [1.82, 2.24) is 0 Å². The molecule has 0 aliphatic heterocycles. The van der Waals surface area contributed by atoms with Crippen molar-refractivity contribution in [1.29, 1.82) is 5.26 Å². The zero-order valence-corrected chi connectivity index (χ0v) is 14.7. The second-order valence-corrected chi connectivity index (χ2v) is 9.97. The van der Waals surface area contributed by atoms with E-state index in [2.05, 4.69) is 39.8 Å². The highest BCUT2D eigenvalue weighted by molar-refractivity contribution is 5.25. The Hall–Kier alpha value is -0.770. The molecule has 120 valence electrons. The molecule has 7 unspecified atom stereocenters. The molecule has 3 saturated carbocycles. The number of allylic oxidation sites excluding steroid dienone is 2. The molecule has 7 atom stereocenters. The first kappa shape index (κ1) is 14.8. The summed E-state index contributed by atoms with van der Waals surface area (Å²) in [5.74, 6) is 4.89. The lowest BCUT2D eigenvalue weighted by Crippen LogP contribution is -2.54. The smallest absolute Gasteiger partial charge is 0.0689 e. The number of rotatable bonds is 0. The molecule has 0 spiro atoms. The summed E-state index contributed by atoms with van der Waals surface area (Å²) in [6.45, 7) is 9.70. The Kier molecular flexibility index (Phi) is 3.11. The van der Waals surface area contributed by atoms with Gasteiger partial charge in [0.25, 0.3) is 0 Å². The third kappa shape index (κ3) is 1.95. The van der Waals surface area contributed by atoms with E-state index in [1.54, 1.807) is 5.57 Å². The molecule has 1 heteroatoms. The fourth-order valence-corrected chi connectivity index (χ4v) is 7.12. The number of nitriles is 1. The van der Waals surface area contributed by atoms with Gasteiger partial charge in [-0.3, -0.25) is 0 Å². The van der Waals surface area contributed by atoms with Gasteiger partial charge in [-0.05, 0) is 86.4 Å². The average molecular weight is 297 g/mol. The highest BCUT2D eigenvalue weighted by atomic mass is 14.6. The normalized spacial score (nSPS) is 52.2. The van der Waals surface area contributed by atoms with Crippen LogP contribution in [-0.4, -0.2) is 0 Å². The minimum atomic E-state index is -0.0717. The molecular formula is C21H31N. The Balaban J connectivity index is 1.78. The van der Waals surface area contributed by atoms with E-state index in [0.717, 1.165) is 36.0 Å². The Bertz CT molecular complexity index is 551. The summed E-state index contributed by atoms with van der Waals surface area (Å²) < 4.78 is 0. The first-order valence-corrected chi connectivity index (χ1v) is 9.45. The maximum Gasteiger partial charge on any atom is 0.0689 e. The van der Waals surface area contributed by atoms with Gasteiger partial charge in [0.05, 0.1) is 11.5 Å². The quantitative estimate of drug-likeness (QED) is 0.535. The molecule has 22 heavy (non-hydrogen) atoms. The summed E-state index contributed by atoms with van der Waals surface area (Å²) in [5, 5.41) is 9.83. The number of hydrogen-bond donors (Lipinski definition) is 0. The van der Waals surface area contributed by atoms with Crippen LogP contribution in [-0.2, 0) is 0 Å². The molecule has 1 nitrogen and oxygen atoms in total. The van der Waals surface area contributed by atoms with Gasteiger partial charge in [-0.25, -0.2) is 0 Å². The topological polar surface area (TPSA) is 23.8 Å². The van der Waals surface area contributed by atoms with E-state index in [1.807, 2.05) is 0 Å². The van der Waals surface area contributed by atoms with Gasteiger partial charge >= 0.3 is 0 Å². The molecule has 0 N–H and O–H groups in total. The van der Waals surface area contributed by atoms with E-state index in [9.17, 15) is 5.26 Å². The summed E-state index contributed by atoms with van der Waals surface area (Å²) >= 11 is 0. The predicted octanol–water partition coefficient (Wildman–Crippen LogP) is 5.58. The summed E-state index contributed by atoms with van der Waals surface area (Å²) in [6, 6.07) is 2.74. The van der Waals surface area contributed by atoms with Crippen LogP contribution in [0.4, 0.5) is 0 Å². The molecule has 0 heterocycles. The zero-order valence-electron chi connectivity index (χ0n) is 14.7. The lowest BCUT2D eigenvalue weighted by molar-refractivity contribution is -0.0787. The molecule has 4 rings (SSSR count). The highest BCUT2D eigenvalue weighted by Crippen LogP contribution is 2.65. The van der Waals surface area contributed by atoms with Gasteiger partial charge in [0.1, 0.15) is 0 Å². The van der Waals surface area contributed by atoms with E-state index in [0.29, 0.717) is 11.3 Å². The van der Waals surface area contributed by atoms with Crippen LogP contribution in [0, 0.1) is 57.7 Å². The van der Waals surface area contributed by atoms with Gasteiger partial charge in [0, 0.05) is 0 Å². The van der Waals surface area contributed by atoms with Crippen molar-refractivity contribution in [2.24, 2.45) is 46.3 Å². The molecule has 0 aromatic carbocycles.